The van der Waals surface area contributed by atoms with E-state index in [9.17, 15) is 4.79 Å². The SMILES string of the molecule is CC(Cl)CC(C)NC(=O)C1CCOC1. The van der Waals surface area contributed by atoms with E-state index in [0.717, 1.165) is 12.8 Å². The van der Waals surface area contributed by atoms with Gasteiger partial charge in [-0.25, -0.2) is 0 Å². The molecular formula is C10H18ClNO2. The summed E-state index contributed by atoms with van der Waals surface area (Å²) in [6.45, 7) is 5.18. The molecule has 1 aliphatic rings. The summed E-state index contributed by atoms with van der Waals surface area (Å²) in [5.41, 5.74) is 0. The Morgan fingerprint density at radius 3 is 2.86 bits per heavy atom. The maximum absolute atomic E-state index is 11.6. The van der Waals surface area contributed by atoms with Crippen molar-refractivity contribution in [3.05, 3.63) is 0 Å². The maximum atomic E-state index is 11.6. The van der Waals surface area contributed by atoms with Crippen LogP contribution in [0.15, 0.2) is 0 Å². The molecule has 1 N–H and O–H groups in total. The summed E-state index contributed by atoms with van der Waals surface area (Å²) < 4.78 is 5.15. The van der Waals surface area contributed by atoms with Crippen LogP contribution in [0.4, 0.5) is 0 Å². The van der Waals surface area contributed by atoms with Crippen molar-refractivity contribution < 1.29 is 9.53 Å². The van der Waals surface area contributed by atoms with Crippen molar-refractivity contribution in [2.75, 3.05) is 13.2 Å². The highest BCUT2D eigenvalue weighted by Gasteiger charge is 2.24. The zero-order valence-electron chi connectivity index (χ0n) is 8.75. The van der Waals surface area contributed by atoms with Crippen LogP contribution in [0.5, 0.6) is 0 Å². The van der Waals surface area contributed by atoms with Crippen LogP contribution in [0.3, 0.4) is 0 Å². The molecule has 3 atom stereocenters. The highest BCUT2D eigenvalue weighted by Crippen LogP contribution is 2.13. The zero-order chi connectivity index (χ0) is 10.6. The Balaban J connectivity index is 2.25. The average molecular weight is 220 g/mol. The van der Waals surface area contributed by atoms with Gasteiger partial charge >= 0.3 is 0 Å². The van der Waals surface area contributed by atoms with Gasteiger partial charge in [0.25, 0.3) is 0 Å². The molecule has 1 rings (SSSR count). The zero-order valence-corrected chi connectivity index (χ0v) is 9.51. The Morgan fingerprint density at radius 1 is 1.64 bits per heavy atom. The predicted octanol–water partition coefficient (Wildman–Crippen LogP) is 1.55. The van der Waals surface area contributed by atoms with Gasteiger partial charge in [0.1, 0.15) is 0 Å². The summed E-state index contributed by atoms with van der Waals surface area (Å²) in [7, 11) is 0. The number of hydrogen-bond donors (Lipinski definition) is 1. The van der Waals surface area contributed by atoms with E-state index >= 15 is 0 Å². The molecule has 1 amide bonds. The van der Waals surface area contributed by atoms with E-state index in [-0.39, 0.29) is 23.2 Å². The van der Waals surface area contributed by atoms with Gasteiger partial charge in [-0.05, 0) is 26.7 Å². The van der Waals surface area contributed by atoms with Gasteiger partial charge < -0.3 is 10.1 Å². The summed E-state index contributed by atoms with van der Waals surface area (Å²) in [5.74, 6) is 0.149. The molecule has 1 saturated heterocycles. The minimum absolute atomic E-state index is 0.0445. The molecule has 1 aliphatic heterocycles. The summed E-state index contributed by atoms with van der Waals surface area (Å²) in [6, 6.07) is 0.149. The summed E-state index contributed by atoms with van der Waals surface area (Å²) in [6.07, 6.45) is 1.65. The van der Waals surface area contributed by atoms with Gasteiger partial charge in [-0.3, -0.25) is 4.79 Å². The number of carbonyl (C=O) groups is 1. The van der Waals surface area contributed by atoms with E-state index in [1.54, 1.807) is 0 Å². The van der Waals surface area contributed by atoms with Crippen molar-refractivity contribution in [3.63, 3.8) is 0 Å². The minimum Gasteiger partial charge on any atom is -0.381 e. The smallest absolute Gasteiger partial charge is 0.225 e. The molecule has 0 aromatic rings. The lowest BCUT2D eigenvalue weighted by atomic mass is 10.1. The molecule has 3 unspecified atom stereocenters. The third kappa shape index (κ3) is 3.84. The van der Waals surface area contributed by atoms with Crippen LogP contribution in [0, 0.1) is 5.92 Å². The van der Waals surface area contributed by atoms with Crippen LogP contribution in [-0.2, 0) is 9.53 Å². The Bertz CT molecular complexity index is 191. The van der Waals surface area contributed by atoms with Gasteiger partial charge in [0.15, 0.2) is 0 Å². The summed E-state index contributed by atoms with van der Waals surface area (Å²) in [4.78, 5) is 11.6. The lowest BCUT2D eigenvalue weighted by Gasteiger charge is -2.17. The fourth-order valence-corrected chi connectivity index (χ4v) is 1.92. The molecule has 0 radical (unpaired) electrons. The second-order valence-corrected chi connectivity index (χ2v) is 4.73. The maximum Gasteiger partial charge on any atom is 0.225 e. The first-order valence-electron chi connectivity index (χ1n) is 5.11. The van der Waals surface area contributed by atoms with Crippen LogP contribution in [0.2, 0.25) is 0 Å². The lowest BCUT2D eigenvalue weighted by molar-refractivity contribution is -0.125. The Hall–Kier alpha value is -0.280. The van der Waals surface area contributed by atoms with Gasteiger partial charge in [-0.1, -0.05) is 0 Å². The number of alkyl halides is 1. The molecule has 0 saturated carbocycles. The molecule has 1 heterocycles. The normalized spacial score (nSPS) is 25.8. The first kappa shape index (κ1) is 11.8. The molecule has 14 heavy (non-hydrogen) atoms. The second kappa shape index (κ2) is 5.56. The van der Waals surface area contributed by atoms with E-state index in [4.69, 9.17) is 16.3 Å². The lowest BCUT2D eigenvalue weighted by Crippen LogP contribution is -2.38. The van der Waals surface area contributed by atoms with Gasteiger partial charge in [0.05, 0.1) is 12.5 Å². The van der Waals surface area contributed by atoms with Crippen LogP contribution in [-0.4, -0.2) is 30.5 Å². The molecule has 4 heteroatoms. The first-order valence-corrected chi connectivity index (χ1v) is 5.55. The first-order chi connectivity index (χ1) is 6.59. The summed E-state index contributed by atoms with van der Waals surface area (Å²) in [5, 5.41) is 3.05. The van der Waals surface area contributed by atoms with Crippen molar-refractivity contribution in [2.45, 2.75) is 38.1 Å². The van der Waals surface area contributed by atoms with Gasteiger partial charge in [0, 0.05) is 18.0 Å². The standard InChI is InChI=1S/C10H18ClNO2/c1-7(11)5-8(2)12-10(13)9-3-4-14-6-9/h7-9H,3-6H2,1-2H3,(H,12,13). The number of hydrogen-bond acceptors (Lipinski definition) is 2. The number of halogens is 1. The largest absolute Gasteiger partial charge is 0.381 e. The van der Waals surface area contributed by atoms with Crippen LogP contribution < -0.4 is 5.32 Å². The Kier molecular flexibility index (Phi) is 4.69. The topological polar surface area (TPSA) is 38.3 Å². The van der Waals surface area contributed by atoms with Crippen LogP contribution >= 0.6 is 11.6 Å². The van der Waals surface area contributed by atoms with E-state index < -0.39 is 0 Å². The number of rotatable bonds is 4. The van der Waals surface area contributed by atoms with Gasteiger partial charge in [-0.15, -0.1) is 11.6 Å². The van der Waals surface area contributed by atoms with E-state index in [1.165, 1.54) is 0 Å². The Labute approximate surface area is 90.1 Å². The monoisotopic (exact) mass is 219 g/mol. The molecule has 0 bridgehead atoms. The van der Waals surface area contributed by atoms with E-state index in [1.807, 2.05) is 13.8 Å². The quantitative estimate of drug-likeness (QED) is 0.729. The fourth-order valence-electron chi connectivity index (χ4n) is 1.65. The molecule has 0 aliphatic carbocycles. The van der Waals surface area contributed by atoms with E-state index in [0.29, 0.717) is 13.2 Å². The average Bonchev–Trinajstić information content (AvgIpc) is 2.53. The molecule has 0 aromatic heterocycles. The molecule has 1 fully saturated rings. The third-order valence-corrected chi connectivity index (χ3v) is 2.55. The highest BCUT2D eigenvalue weighted by atomic mass is 35.5. The van der Waals surface area contributed by atoms with Crippen molar-refractivity contribution in [1.29, 1.82) is 0 Å². The minimum atomic E-state index is 0.0445. The molecule has 82 valence electrons. The van der Waals surface area contributed by atoms with E-state index in [2.05, 4.69) is 5.32 Å². The van der Waals surface area contributed by atoms with Crippen molar-refractivity contribution in [1.82, 2.24) is 5.32 Å². The second-order valence-electron chi connectivity index (χ2n) is 3.99. The Morgan fingerprint density at radius 2 is 2.36 bits per heavy atom. The van der Waals surface area contributed by atoms with Crippen molar-refractivity contribution in [3.8, 4) is 0 Å². The number of ether oxygens (including phenoxy) is 1. The number of nitrogens with one attached hydrogen (secondary N) is 1. The molecule has 0 aromatic carbocycles. The molecular weight excluding hydrogens is 202 g/mol. The van der Waals surface area contributed by atoms with Crippen LogP contribution in [0.1, 0.15) is 26.7 Å². The van der Waals surface area contributed by atoms with Gasteiger partial charge in [0.2, 0.25) is 5.91 Å². The van der Waals surface area contributed by atoms with Crippen molar-refractivity contribution >= 4 is 17.5 Å². The van der Waals surface area contributed by atoms with Crippen molar-refractivity contribution in [2.24, 2.45) is 5.92 Å². The highest BCUT2D eigenvalue weighted by molar-refractivity contribution is 6.20. The summed E-state index contributed by atoms with van der Waals surface area (Å²) >= 11 is 5.84. The number of carbonyl (C=O) groups excluding carboxylic acids is 1. The fraction of sp³-hybridized carbons (Fsp3) is 0.900. The third-order valence-electron chi connectivity index (χ3n) is 2.37. The molecule has 0 spiro atoms. The van der Waals surface area contributed by atoms with Gasteiger partial charge in [-0.2, -0.15) is 0 Å². The van der Waals surface area contributed by atoms with Crippen LogP contribution in [0.25, 0.3) is 0 Å². The predicted molar refractivity (Wildman–Crippen MR) is 56.5 cm³/mol. The molecule has 3 nitrogen and oxygen atoms in total. The number of amides is 1.